The monoisotopic (exact) mass is 290 g/mol. The van der Waals surface area contributed by atoms with Crippen LogP contribution in [0, 0.1) is 5.82 Å². The van der Waals surface area contributed by atoms with Gasteiger partial charge >= 0.3 is 5.97 Å². The van der Waals surface area contributed by atoms with Crippen molar-refractivity contribution in [3.05, 3.63) is 65.0 Å². The van der Waals surface area contributed by atoms with E-state index in [1.807, 2.05) is 0 Å². The van der Waals surface area contributed by atoms with Gasteiger partial charge in [-0.05, 0) is 23.8 Å². The lowest BCUT2D eigenvalue weighted by Gasteiger charge is -2.09. The summed E-state index contributed by atoms with van der Waals surface area (Å²) in [4.78, 5) is 11.0. The maximum Gasteiger partial charge on any atom is 0.339 e. The van der Waals surface area contributed by atoms with Gasteiger partial charge in [-0.15, -0.1) is 0 Å². The van der Waals surface area contributed by atoms with Crippen LogP contribution in [0.1, 0.15) is 21.5 Å². The molecule has 5 heteroatoms. The Morgan fingerprint density at radius 3 is 2.62 bits per heavy atom. The van der Waals surface area contributed by atoms with Crippen LogP contribution in [0.4, 0.5) is 4.39 Å². The van der Waals surface area contributed by atoms with E-state index in [0.29, 0.717) is 5.56 Å². The van der Waals surface area contributed by atoms with Crippen molar-refractivity contribution < 1.29 is 23.8 Å². The fraction of sp³-hybridized carbons (Fsp3) is 0.188. The molecule has 0 unspecified atom stereocenters. The molecule has 0 aliphatic rings. The van der Waals surface area contributed by atoms with Gasteiger partial charge in [-0.2, -0.15) is 0 Å². The van der Waals surface area contributed by atoms with Crippen LogP contribution in [-0.2, 0) is 18.0 Å². The van der Waals surface area contributed by atoms with Crippen molar-refractivity contribution >= 4 is 5.97 Å². The normalized spacial score (nSPS) is 10.4. The molecule has 2 aromatic rings. The quantitative estimate of drug-likeness (QED) is 0.887. The molecule has 110 valence electrons. The molecule has 0 heterocycles. The SMILES string of the molecule is COc1cc(COCc2ccccc2F)ccc1C(=O)O. The van der Waals surface area contributed by atoms with Crippen molar-refractivity contribution in [2.75, 3.05) is 7.11 Å². The largest absolute Gasteiger partial charge is 0.496 e. The first-order valence-corrected chi connectivity index (χ1v) is 6.33. The maximum atomic E-state index is 13.4. The summed E-state index contributed by atoms with van der Waals surface area (Å²) in [6.45, 7) is 0.389. The summed E-state index contributed by atoms with van der Waals surface area (Å²) in [7, 11) is 1.41. The topological polar surface area (TPSA) is 55.8 Å². The molecule has 0 radical (unpaired) electrons. The lowest BCUT2D eigenvalue weighted by molar-refractivity contribution is 0.0693. The average Bonchev–Trinajstić information content (AvgIpc) is 2.48. The van der Waals surface area contributed by atoms with Gasteiger partial charge in [0, 0.05) is 5.56 Å². The number of rotatable bonds is 6. The van der Waals surface area contributed by atoms with Crippen molar-refractivity contribution in [2.24, 2.45) is 0 Å². The average molecular weight is 290 g/mol. The first kappa shape index (κ1) is 15.0. The molecular weight excluding hydrogens is 275 g/mol. The molecule has 0 saturated carbocycles. The third-order valence-corrected chi connectivity index (χ3v) is 2.98. The highest BCUT2D eigenvalue weighted by atomic mass is 19.1. The van der Waals surface area contributed by atoms with E-state index in [1.54, 1.807) is 30.3 Å². The lowest BCUT2D eigenvalue weighted by Crippen LogP contribution is -2.02. The van der Waals surface area contributed by atoms with Crippen LogP contribution in [0.5, 0.6) is 5.75 Å². The number of benzene rings is 2. The lowest BCUT2D eigenvalue weighted by atomic mass is 10.1. The summed E-state index contributed by atoms with van der Waals surface area (Å²) >= 11 is 0. The summed E-state index contributed by atoms with van der Waals surface area (Å²) in [6.07, 6.45) is 0. The minimum absolute atomic E-state index is 0.0929. The molecule has 0 aliphatic heterocycles. The second-order valence-corrected chi connectivity index (χ2v) is 4.42. The molecule has 21 heavy (non-hydrogen) atoms. The number of carbonyl (C=O) groups is 1. The number of carboxylic acids is 1. The Kier molecular flexibility index (Phi) is 4.90. The zero-order valence-corrected chi connectivity index (χ0v) is 11.5. The van der Waals surface area contributed by atoms with Crippen LogP contribution in [0.25, 0.3) is 0 Å². The minimum Gasteiger partial charge on any atom is -0.496 e. The molecule has 1 N–H and O–H groups in total. The van der Waals surface area contributed by atoms with Crippen LogP contribution < -0.4 is 4.74 Å². The van der Waals surface area contributed by atoms with E-state index in [4.69, 9.17) is 14.6 Å². The Labute approximate surface area is 121 Å². The van der Waals surface area contributed by atoms with E-state index in [2.05, 4.69) is 0 Å². The second kappa shape index (κ2) is 6.85. The Balaban J connectivity index is 2.01. The fourth-order valence-corrected chi connectivity index (χ4v) is 1.90. The fourth-order valence-electron chi connectivity index (χ4n) is 1.90. The molecule has 4 nitrogen and oxygen atoms in total. The third-order valence-electron chi connectivity index (χ3n) is 2.98. The molecule has 0 amide bonds. The number of halogens is 1. The highest BCUT2D eigenvalue weighted by Crippen LogP contribution is 2.21. The van der Waals surface area contributed by atoms with Crippen LogP contribution >= 0.6 is 0 Å². The number of methoxy groups -OCH3 is 1. The van der Waals surface area contributed by atoms with Crippen LogP contribution in [0.15, 0.2) is 42.5 Å². The van der Waals surface area contributed by atoms with Gasteiger partial charge in [0.05, 0.1) is 20.3 Å². The van der Waals surface area contributed by atoms with E-state index in [1.165, 1.54) is 19.2 Å². The number of hydrogen-bond donors (Lipinski definition) is 1. The highest BCUT2D eigenvalue weighted by Gasteiger charge is 2.11. The summed E-state index contributed by atoms with van der Waals surface area (Å²) < 4.78 is 23.9. The van der Waals surface area contributed by atoms with E-state index in [0.717, 1.165) is 5.56 Å². The Morgan fingerprint density at radius 2 is 1.95 bits per heavy atom. The van der Waals surface area contributed by atoms with Gasteiger partial charge in [0.25, 0.3) is 0 Å². The van der Waals surface area contributed by atoms with Gasteiger partial charge in [0.2, 0.25) is 0 Å². The standard InChI is InChI=1S/C16H15FO4/c1-20-15-8-11(6-7-13(15)16(18)19)9-21-10-12-4-2-3-5-14(12)17/h2-8H,9-10H2,1H3,(H,18,19). The molecule has 0 aliphatic carbocycles. The summed E-state index contributed by atoms with van der Waals surface area (Å²) in [5.41, 5.74) is 1.33. The Morgan fingerprint density at radius 1 is 1.19 bits per heavy atom. The highest BCUT2D eigenvalue weighted by molar-refractivity contribution is 5.90. The second-order valence-electron chi connectivity index (χ2n) is 4.42. The van der Waals surface area contributed by atoms with Crippen LogP contribution in [0.2, 0.25) is 0 Å². The number of aromatic carboxylic acids is 1. The van der Waals surface area contributed by atoms with Gasteiger partial charge in [-0.25, -0.2) is 9.18 Å². The molecule has 0 atom stereocenters. The summed E-state index contributed by atoms with van der Waals surface area (Å²) in [5.74, 6) is -1.09. The maximum absolute atomic E-state index is 13.4. The molecular formula is C16H15FO4. The van der Waals surface area contributed by atoms with Crippen molar-refractivity contribution in [2.45, 2.75) is 13.2 Å². The Bertz CT molecular complexity index is 640. The molecule has 0 bridgehead atoms. The van der Waals surface area contributed by atoms with Crippen LogP contribution in [0.3, 0.4) is 0 Å². The predicted octanol–water partition coefficient (Wildman–Crippen LogP) is 3.25. The first-order valence-electron chi connectivity index (χ1n) is 6.33. The summed E-state index contributed by atoms with van der Waals surface area (Å²) in [6, 6.07) is 11.1. The van der Waals surface area contributed by atoms with Crippen molar-refractivity contribution in [3.8, 4) is 5.75 Å². The Hall–Kier alpha value is -2.40. The molecule has 0 aromatic heterocycles. The van der Waals surface area contributed by atoms with E-state index >= 15 is 0 Å². The van der Waals surface area contributed by atoms with Crippen LogP contribution in [-0.4, -0.2) is 18.2 Å². The minimum atomic E-state index is -1.05. The number of carboxylic acid groups (broad SMARTS) is 1. The first-order chi connectivity index (χ1) is 10.1. The van der Waals surface area contributed by atoms with Crippen molar-refractivity contribution in [3.63, 3.8) is 0 Å². The van der Waals surface area contributed by atoms with Gasteiger partial charge in [0.1, 0.15) is 17.1 Å². The van der Waals surface area contributed by atoms with Crippen molar-refractivity contribution in [1.82, 2.24) is 0 Å². The molecule has 2 aromatic carbocycles. The number of ether oxygens (including phenoxy) is 2. The molecule has 2 rings (SSSR count). The van der Waals surface area contributed by atoms with Gasteiger partial charge in [-0.1, -0.05) is 24.3 Å². The molecule has 0 saturated heterocycles. The summed E-state index contributed by atoms with van der Waals surface area (Å²) in [5, 5.41) is 8.99. The van der Waals surface area contributed by atoms with Gasteiger partial charge in [-0.3, -0.25) is 0 Å². The van der Waals surface area contributed by atoms with E-state index < -0.39 is 5.97 Å². The van der Waals surface area contributed by atoms with Crippen molar-refractivity contribution in [1.29, 1.82) is 0 Å². The number of hydrogen-bond acceptors (Lipinski definition) is 3. The smallest absolute Gasteiger partial charge is 0.339 e. The zero-order chi connectivity index (χ0) is 15.2. The zero-order valence-electron chi connectivity index (χ0n) is 11.5. The third kappa shape index (κ3) is 3.79. The molecule has 0 spiro atoms. The predicted molar refractivity (Wildman–Crippen MR) is 74.8 cm³/mol. The van der Waals surface area contributed by atoms with Gasteiger partial charge in [0.15, 0.2) is 0 Å². The van der Waals surface area contributed by atoms with E-state index in [9.17, 15) is 9.18 Å². The van der Waals surface area contributed by atoms with E-state index in [-0.39, 0.29) is 30.3 Å². The molecule has 0 fully saturated rings. The van der Waals surface area contributed by atoms with Gasteiger partial charge < -0.3 is 14.6 Å².